The number of amides is 1. The van der Waals surface area contributed by atoms with Crippen LogP contribution >= 0.6 is 0 Å². The Morgan fingerprint density at radius 2 is 2.04 bits per heavy atom. The largest absolute Gasteiger partial charge is 0.497 e. The van der Waals surface area contributed by atoms with Crippen LogP contribution in [0.3, 0.4) is 0 Å². The van der Waals surface area contributed by atoms with Crippen molar-refractivity contribution in [3.05, 3.63) is 65.5 Å². The first-order valence-electron chi connectivity index (χ1n) is 9.08. The van der Waals surface area contributed by atoms with Crippen LogP contribution in [-0.4, -0.2) is 34.5 Å². The molecule has 0 radical (unpaired) electrons. The summed E-state index contributed by atoms with van der Waals surface area (Å²) in [5.74, 6) is 1.55. The quantitative estimate of drug-likeness (QED) is 0.574. The number of rotatable bonds is 3. The first kappa shape index (κ1) is 16.6. The Morgan fingerprint density at radius 1 is 1.14 bits per heavy atom. The van der Waals surface area contributed by atoms with Crippen LogP contribution in [0.15, 0.2) is 52.9 Å². The monoisotopic (exact) mass is 374 g/mol. The Labute approximate surface area is 160 Å². The zero-order chi connectivity index (χ0) is 19.1. The lowest BCUT2D eigenvalue weighted by molar-refractivity contribution is 0.0950. The van der Waals surface area contributed by atoms with Gasteiger partial charge in [0.05, 0.1) is 7.11 Å². The van der Waals surface area contributed by atoms with E-state index in [2.05, 4.69) is 20.3 Å². The van der Waals surface area contributed by atoms with Crippen molar-refractivity contribution in [2.45, 2.75) is 12.3 Å². The van der Waals surface area contributed by atoms with E-state index in [0.717, 1.165) is 22.5 Å². The number of fused-ring (bicyclic) bond motifs is 2. The van der Waals surface area contributed by atoms with E-state index in [-0.39, 0.29) is 11.8 Å². The molecule has 2 aromatic heterocycles. The lowest BCUT2D eigenvalue weighted by Gasteiger charge is -2.15. The molecule has 7 nitrogen and oxygen atoms in total. The summed E-state index contributed by atoms with van der Waals surface area (Å²) in [6.07, 6.45) is 0.647. The summed E-state index contributed by atoms with van der Waals surface area (Å²) in [5.41, 5.74) is 3.71. The van der Waals surface area contributed by atoms with Crippen molar-refractivity contribution in [1.82, 2.24) is 20.3 Å². The molecule has 140 valence electrons. The van der Waals surface area contributed by atoms with Gasteiger partial charge >= 0.3 is 0 Å². The maximum atomic E-state index is 12.6. The molecule has 28 heavy (non-hydrogen) atoms. The number of hydrogen-bond acceptors (Lipinski definition) is 5. The fourth-order valence-electron chi connectivity index (χ4n) is 3.57. The second-order valence-corrected chi connectivity index (χ2v) is 6.79. The number of methoxy groups -OCH3 is 1. The fourth-order valence-corrected chi connectivity index (χ4v) is 3.57. The molecule has 3 heterocycles. The van der Waals surface area contributed by atoms with Gasteiger partial charge in [-0.15, -0.1) is 0 Å². The summed E-state index contributed by atoms with van der Waals surface area (Å²) in [5, 5.41) is 2.96. The molecule has 4 aromatic rings. The number of carbonyl (C=O) groups is 1. The molecule has 2 aromatic carbocycles. The van der Waals surface area contributed by atoms with Crippen molar-refractivity contribution < 1.29 is 13.9 Å². The minimum atomic E-state index is -0.195. The molecular formula is C21H18N4O3. The van der Waals surface area contributed by atoms with Gasteiger partial charge in [-0.05, 0) is 36.2 Å². The third kappa shape index (κ3) is 2.81. The van der Waals surface area contributed by atoms with Gasteiger partial charge in [0.2, 0.25) is 0 Å². The molecule has 0 bridgehead atoms. The molecule has 1 atom stereocenters. The zero-order valence-electron chi connectivity index (χ0n) is 15.2. The molecule has 0 spiro atoms. The molecule has 1 aliphatic heterocycles. The predicted molar refractivity (Wildman–Crippen MR) is 103 cm³/mol. The normalized spacial score (nSPS) is 16.5. The Hall–Kier alpha value is -3.61. The number of nitrogens with one attached hydrogen (secondary N) is 2. The number of para-hydroxylation sites is 2. The molecule has 0 saturated heterocycles. The number of nitrogens with zero attached hydrogens (tertiary/aromatic N) is 2. The number of ether oxygens (including phenoxy) is 1. The highest BCUT2D eigenvalue weighted by Gasteiger charge is 2.27. The van der Waals surface area contributed by atoms with Gasteiger partial charge in [-0.25, -0.2) is 9.97 Å². The Morgan fingerprint density at radius 3 is 2.89 bits per heavy atom. The van der Waals surface area contributed by atoms with Crippen LogP contribution in [0.2, 0.25) is 0 Å². The number of imidazole rings is 1. The van der Waals surface area contributed by atoms with Gasteiger partial charge in [-0.1, -0.05) is 24.3 Å². The number of hydrogen-bond donors (Lipinski definition) is 2. The van der Waals surface area contributed by atoms with Crippen molar-refractivity contribution in [3.8, 4) is 17.5 Å². The van der Waals surface area contributed by atoms with Gasteiger partial charge in [-0.2, -0.15) is 0 Å². The van der Waals surface area contributed by atoms with E-state index in [1.54, 1.807) is 7.11 Å². The molecule has 1 amide bonds. The van der Waals surface area contributed by atoms with E-state index in [0.29, 0.717) is 36.0 Å². The second-order valence-electron chi connectivity index (χ2n) is 6.79. The van der Waals surface area contributed by atoms with Crippen molar-refractivity contribution in [3.63, 3.8) is 0 Å². The maximum Gasteiger partial charge on any atom is 0.271 e. The SMILES string of the molecule is COc1cccc([C@@H]2CNC(=O)c3nc(-c4nc5ccccc5o4)[nH]c3C2)c1. The van der Waals surface area contributed by atoms with Crippen LogP contribution < -0.4 is 10.1 Å². The van der Waals surface area contributed by atoms with Gasteiger partial charge in [0.25, 0.3) is 11.8 Å². The van der Waals surface area contributed by atoms with Crippen LogP contribution in [-0.2, 0) is 6.42 Å². The number of benzene rings is 2. The number of H-pyrrole nitrogens is 1. The molecule has 7 heteroatoms. The molecule has 1 aliphatic rings. The van der Waals surface area contributed by atoms with Crippen molar-refractivity contribution in [2.75, 3.05) is 13.7 Å². The molecule has 0 fully saturated rings. The minimum absolute atomic E-state index is 0.109. The average molecular weight is 374 g/mol. The van der Waals surface area contributed by atoms with Crippen molar-refractivity contribution in [2.24, 2.45) is 0 Å². The van der Waals surface area contributed by atoms with Crippen LogP contribution in [0.4, 0.5) is 0 Å². The van der Waals surface area contributed by atoms with Gasteiger partial charge < -0.3 is 19.5 Å². The van der Waals surface area contributed by atoms with E-state index >= 15 is 0 Å². The fraction of sp³-hybridized carbons (Fsp3) is 0.190. The smallest absolute Gasteiger partial charge is 0.271 e. The highest BCUT2D eigenvalue weighted by atomic mass is 16.5. The lowest BCUT2D eigenvalue weighted by atomic mass is 9.94. The van der Waals surface area contributed by atoms with Crippen molar-refractivity contribution >= 4 is 17.0 Å². The van der Waals surface area contributed by atoms with Gasteiger partial charge in [-0.3, -0.25) is 4.79 Å². The number of aromatic nitrogens is 3. The molecule has 0 aliphatic carbocycles. The summed E-state index contributed by atoms with van der Waals surface area (Å²) in [7, 11) is 1.65. The average Bonchev–Trinajstić information content (AvgIpc) is 3.31. The van der Waals surface area contributed by atoms with Crippen molar-refractivity contribution in [1.29, 1.82) is 0 Å². The van der Waals surface area contributed by atoms with Crippen LogP contribution in [0.5, 0.6) is 5.75 Å². The highest BCUT2D eigenvalue weighted by Crippen LogP contribution is 2.29. The Balaban J connectivity index is 1.51. The standard InChI is InChI=1S/C21H18N4O3/c1-27-14-6-4-5-12(9-14)13-10-16-18(20(26)22-11-13)25-19(23-16)21-24-15-7-2-3-8-17(15)28-21/h2-9,13H,10-11H2,1H3,(H,22,26)(H,23,25)/t13-/m0/s1. The first-order valence-corrected chi connectivity index (χ1v) is 9.08. The maximum absolute atomic E-state index is 12.6. The Bertz CT molecular complexity index is 1140. The molecule has 2 N–H and O–H groups in total. The number of oxazole rings is 1. The molecule has 0 unspecified atom stereocenters. The highest BCUT2D eigenvalue weighted by molar-refractivity contribution is 5.94. The third-order valence-electron chi connectivity index (χ3n) is 5.02. The van der Waals surface area contributed by atoms with Crippen LogP contribution in [0.25, 0.3) is 22.8 Å². The summed E-state index contributed by atoms with van der Waals surface area (Å²) in [6, 6.07) is 15.4. The predicted octanol–water partition coefficient (Wildman–Crippen LogP) is 3.30. The van der Waals surface area contributed by atoms with E-state index < -0.39 is 0 Å². The Kier molecular flexibility index (Phi) is 3.86. The molecule has 0 saturated carbocycles. The van der Waals surface area contributed by atoms with Crippen LogP contribution in [0, 0.1) is 0 Å². The lowest BCUT2D eigenvalue weighted by Crippen LogP contribution is -2.26. The number of carbonyl (C=O) groups excluding carboxylic acids is 1. The topological polar surface area (TPSA) is 93.0 Å². The van der Waals surface area contributed by atoms with Gasteiger partial charge in [0, 0.05) is 18.2 Å². The zero-order valence-corrected chi connectivity index (χ0v) is 15.2. The van der Waals surface area contributed by atoms with E-state index in [1.807, 2.05) is 48.5 Å². The van der Waals surface area contributed by atoms with Crippen LogP contribution in [0.1, 0.15) is 27.7 Å². The van der Waals surface area contributed by atoms with Gasteiger partial charge in [0.15, 0.2) is 11.4 Å². The molecular weight excluding hydrogens is 356 g/mol. The summed E-state index contributed by atoms with van der Waals surface area (Å²) in [6.45, 7) is 0.536. The van der Waals surface area contributed by atoms with Gasteiger partial charge in [0.1, 0.15) is 17.0 Å². The van der Waals surface area contributed by atoms with E-state index in [4.69, 9.17) is 9.15 Å². The summed E-state index contributed by atoms with van der Waals surface area (Å²) in [4.78, 5) is 24.7. The van der Waals surface area contributed by atoms with E-state index in [9.17, 15) is 4.79 Å². The summed E-state index contributed by atoms with van der Waals surface area (Å²) < 4.78 is 11.1. The summed E-state index contributed by atoms with van der Waals surface area (Å²) >= 11 is 0. The van der Waals surface area contributed by atoms with E-state index in [1.165, 1.54) is 0 Å². The third-order valence-corrected chi connectivity index (χ3v) is 5.02. The minimum Gasteiger partial charge on any atom is -0.497 e. The molecule has 5 rings (SSSR count). The first-order chi connectivity index (χ1) is 13.7. The number of aromatic amines is 1. The second kappa shape index (κ2) is 6.53.